The zero-order valence-corrected chi connectivity index (χ0v) is 15.7. The van der Waals surface area contributed by atoms with E-state index in [-0.39, 0.29) is 11.9 Å². The van der Waals surface area contributed by atoms with E-state index in [0.29, 0.717) is 32.3 Å². The van der Waals surface area contributed by atoms with Crippen LogP contribution in [0.15, 0.2) is 4.99 Å². The van der Waals surface area contributed by atoms with Crippen LogP contribution in [0.5, 0.6) is 0 Å². The fourth-order valence-corrected chi connectivity index (χ4v) is 3.27. The standard InChI is InChI=1S/C15H32N4O4S/c1-3-22-10-6-8-17-15(16-2)18-9-12-24(20,21)19-13-14-7-4-5-11-23-14/h14,19H,3-13H2,1-2H3,(H2,16,17,18). The second-order valence-corrected chi connectivity index (χ2v) is 7.56. The molecule has 0 aliphatic carbocycles. The summed E-state index contributed by atoms with van der Waals surface area (Å²) in [6.07, 6.45) is 3.94. The zero-order chi connectivity index (χ0) is 17.7. The summed E-state index contributed by atoms with van der Waals surface area (Å²) in [5, 5.41) is 6.12. The predicted molar refractivity (Wildman–Crippen MR) is 95.9 cm³/mol. The lowest BCUT2D eigenvalue weighted by Gasteiger charge is -2.22. The largest absolute Gasteiger partial charge is 0.382 e. The Kier molecular flexibility index (Phi) is 11.0. The Morgan fingerprint density at radius 2 is 2.08 bits per heavy atom. The smallest absolute Gasteiger partial charge is 0.213 e. The summed E-state index contributed by atoms with van der Waals surface area (Å²) < 4.78 is 37.4. The van der Waals surface area contributed by atoms with Crippen molar-refractivity contribution in [3.63, 3.8) is 0 Å². The summed E-state index contributed by atoms with van der Waals surface area (Å²) >= 11 is 0. The van der Waals surface area contributed by atoms with Crippen LogP contribution < -0.4 is 15.4 Å². The van der Waals surface area contributed by atoms with Crippen molar-refractivity contribution in [2.45, 2.75) is 38.7 Å². The molecule has 142 valence electrons. The Labute approximate surface area is 145 Å². The molecule has 0 spiro atoms. The first kappa shape index (κ1) is 21.1. The van der Waals surface area contributed by atoms with Crippen molar-refractivity contribution in [1.29, 1.82) is 0 Å². The topological polar surface area (TPSA) is 101 Å². The molecular weight excluding hydrogens is 332 g/mol. The molecule has 8 nitrogen and oxygen atoms in total. The van der Waals surface area contributed by atoms with Crippen LogP contribution in [0.2, 0.25) is 0 Å². The summed E-state index contributed by atoms with van der Waals surface area (Å²) in [5.41, 5.74) is 0. The average Bonchev–Trinajstić information content (AvgIpc) is 2.59. The van der Waals surface area contributed by atoms with Gasteiger partial charge in [-0.1, -0.05) is 0 Å². The van der Waals surface area contributed by atoms with E-state index in [0.717, 1.165) is 38.8 Å². The summed E-state index contributed by atoms with van der Waals surface area (Å²) in [4.78, 5) is 4.06. The van der Waals surface area contributed by atoms with Gasteiger partial charge >= 0.3 is 0 Å². The van der Waals surface area contributed by atoms with Gasteiger partial charge in [-0.25, -0.2) is 13.1 Å². The number of hydrogen-bond donors (Lipinski definition) is 3. The number of nitrogens with zero attached hydrogens (tertiary/aromatic N) is 1. The molecule has 0 saturated carbocycles. The number of rotatable bonds is 11. The first-order valence-corrected chi connectivity index (χ1v) is 10.3. The van der Waals surface area contributed by atoms with Crippen LogP contribution in [0.1, 0.15) is 32.6 Å². The summed E-state index contributed by atoms with van der Waals surface area (Å²) in [6.45, 7) is 5.47. The maximum absolute atomic E-state index is 12.0. The van der Waals surface area contributed by atoms with Gasteiger partial charge < -0.3 is 20.1 Å². The molecule has 1 fully saturated rings. The molecule has 0 aromatic carbocycles. The lowest BCUT2D eigenvalue weighted by Crippen LogP contribution is -2.42. The summed E-state index contributed by atoms with van der Waals surface area (Å²) in [7, 11) is -1.65. The minimum absolute atomic E-state index is 0.000629. The lowest BCUT2D eigenvalue weighted by atomic mass is 10.1. The van der Waals surface area contributed by atoms with Crippen LogP contribution in [-0.2, 0) is 19.5 Å². The first-order chi connectivity index (χ1) is 11.6. The third-order valence-electron chi connectivity index (χ3n) is 3.65. The first-order valence-electron chi connectivity index (χ1n) is 8.68. The van der Waals surface area contributed by atoms with Crippen molar-refractivity contribution in [2.75, 3.05) is 52.3 Å². The van der Waals surface area contributed by atoms with Crippen LogP contribution in [-0.4, -0.2) is 72.7 Å². The van der Waals surface area contributed by atoms with Gasteiger partial charge in [0.05, 0.1) is 11.9 Å². The molecule has 1 rings (SSSR count). The van der Waals surface area contributed by atoms with E-state index < -0.39 is 10.0 Å². The molecule has 0 amide bonds. The molecule has 0 aromatic rings. The minimum Gasteiger partial charge on any atom is -0.382 e. The fourth-order valence-electron chi connectivity index (χ4n) is 2.31. The number of sulfonamides is 1. The molecule has 3 N–H and O–H groups in total. The van der Waals surface area contributed by atoms with E-state index in [1.807, 2.05) is 6.92 Å². The highest BCUT2D eigenvalue weighted by molar-refractivity contribution is 7.89. The van der Waals surface area contributed by atoms with Gasteiger partial charge in [-0.15, -0.1) is 0 Å². The van der Waals surface area contributed by atoms with Crippen LogP contribution in [0.3, 0.4) is 0 Å². The zero-order valence-electron chi connectivity index (χ0n) is 14.8. The van der Waals surface area contributed by atoms with E-state index in [2.05, 4.69) is 20.3 Å². The number of hydrogen-bond acceptors (Lipinski definition) is 5. The maximum atomic E-state index is 12.0. The Morgan fingerprint density at radius 3 is 2.75 bits per heavy atom. The molecule has 0 aromatic heterocycles. The number of guanidine groups is 1. The number of nitrogens with one attached hydrogen (secondary N) is 3. The van der Waals surface area contributed by atoms with Crippen molar-refractivity contribution in [1.82, 2.24) is 15.4 Å². The normalized spacial score (nSPS) is 19.2. The Morgan fingerprint density at radius 1 is 1.29 bits per heavy atom. The van der Waals surface area contributed by atoms with Gasteiger partial charge in [0.1, 0.15) is 0 Å². The van der Waals surface area contributed by atoms with Crippen LogP contribution >= 0.6 is 0 Å². The minimum atomic E-state index is -3.31. The summed E-state index contributed by atoms with van der Waals surface area (Å²) in [5.74, 6) is 0.594. The van der Waals surface area contributed by atoms with Gasteiger partial charge in [0.2, 0.25) is 10.0 Å². The molecule has 24 heavy (non-hydrogen) atoms. The molecule has 9 heteroatoms. The average molecular weight is 365 g/mol. The van der Waals surface area contributed by atoms with Crippen molar-refractivity contribution >= 4 is 16.0 Å². The van der Waals surface area contributed by atoms with E-state index in [9.17, 15) is 8.42 Å². The van der Waals surface area contributed by atoms with Crippen molar-refractivity contribution in [3.8, 4) is 0 Å². The maximum Gasteiger partial charge on any atom is 0.213 e. The van der Waals surface area contributed by atoms with Crippen molar-refractivity contribution < 1.29 is 17.9 Å². The van der Waals surface area contributed by atoms with Crippen molar-refractivity contribution in [2.24, 2.45) is 4.99 Å². The molecule has 1 aliphatic rings. The second kappa shape index (κ2) is 12.5. The van der Waals surface area contributed by atoms with Gasteiger partial charge in [0.25, 0.3) is 0 Å². The highest BCUT2D eigenvalue weighted by Crippen LogP contribution is 2.11. The molecule has 0 bridgehead atoms. The Balaban J connectivity index is 2.15. The molecule has 1 atom stereocenters. The van der Waals surface area contributed by atoms with Crippen LogP contribution in [0.4, 0.5) is 0 Å². The Bertz CT molecular complexity index is 450. The van der Waals surface area contributed by atoms with Gasteiger partial charge in [0, 0.05) is 46.5 Å². The van der Waals surface area contributed by atoms with Gasteiger partial charge in [-0.05, 0) is 32.6 Å². The van der Waals surface area contributed by atoms with E-state index in [1.54, 1.807) is 7.05 Å². The van der Waals surface area contributed by atoms with E-state index in [1.165, 1.54) is 0 Å². The third kappa shape index (κ3) is 10.1. The Hall–Kier alpha value is -0.900. The van der Waals surface area contributed by atoms with E-state index in [4.69, 9.17) is 9.47 Å². The lowest BCUT2D eigenvalue weighted by molar-refractivity contribution is 0.0200. The molecule has 0 radical (unpaired) electrons. The quantitative estimate of drug-likeness (QED) is 0.272. The predicted octanol–water partition coefficient (Wildman–Crippen LogP) is 0.0665. The highest BCUT2D eigenvalue weighted by Gasteiger charge is 2.17. The monoisotopic (exact) mass is 364 g/mol. The molecular formula is C15H32N4O4S. The number of ether oxygens (including phenoxy) is 2. The SMILES string of the molecule is CCOCCCNC(=NC)NCCS(=O)(=O)NCC1CCCCO1. The van der Waals surface area contributed by atoms with Crippen LogP contribution in [0, 0.1) is 0 Å². The second-order valence-electron chi connectivity index (χ2n) is 5.63. The molecule has 1 unspecified atom stereocenters. The van der Waals surface area contributed by atoms with Gasteiger partial charge in [-0.3, -0.25) is 4.99 Å². The number of aliphatic imine (C=N–C) groups is 1. The molecule has 1 aliphatic heterocycles. The highest BCUT2D eigenvalue weighted by atomic mass is 32.2. The van der Waals surface area contributed by atoms with Gasteiger partial charge in [-0.2, -0.15) is 0 Å². The third-order valence-corrected chi connectivity index (χ3v) is 5.00. The molecule has 1 heterocycles. The fraction of sp³-hybridized carbons (Fsp3) is 0.933. The van der Waals surface area contributed by atoms with E-state index >= 15 is 0 Å². The molecule has 1 saturated heterocycles. The van der Waals surface area contributed by atoms with Crippen LogP contribution in [0.25, 0.3) is 0 Å². The van der Waals surface area contributed by atoms with Gasteiger partial charge in [0.15, 0.2) is 5.96 Å². The summed E-state index contributed by atoms with van der Waals surface area (Å²) in [6, 6.07) is 0. The van der Waals surface area contributed by atoms with Crippen molar-refractivity contribution in [3.05, 3.63) is 0 Å².